The molecule has 2 rings (SSSR count). The van der Waals surface area contributed by atoms with Gasteiger partial charge in [0.05, 0.1) is 11.8 Å². The summed E-state index contributed by atoms with van der Waals surface area (Å²) < 4.78 is 68.8. The molecule has 1 aromatic heterocycles. The average molecular weight is 411 g/mol. The molecule has 0 amide bonds. The van der Waals surface area contributed by atoms with Crippen molar-refractivity contribution in [2.45, 2.75) is 29.8 Å². The fourth-order valence-corrected chi connectivity index (χ4v) is 4.76. The summed E-state index contributed by atoms with van der Waals surface area (Å²) in [4.78, 5) is -0.108. The van der Waals surface area contributed by atoms with Gasteiger partial charge in [-0.25, -0.2) is 8.42 Å². The molecule has 1 aliphatic heterocycles. The van der Waals surface area contributed by atoms with Gasteiger partial charge in [-0.15, -0.1) is 11.6 Å². The van der Waals surface area contributed by atoms with E-state index in [2.05, 4.69) is 15.9 Å². The monoisotopic (exact) mass is 409 g/mol. The first-order valence-electron chi connectivity index (χ1n) is 6.07. The maximum atomic E-state index is 12.6. The molecule has 0 aliphatic carbocycles. The third kappa shape index (κ3) is 3.57. The predicted molar refractivity (Wildman–Crippen MR) is 73.5 cm³/mol. The minimum atomic E-state index is -4.28. The topological polar surface area (TPSA) is 50.5 Å². The Kier molecular flexibility index (Phi) is 4.97. The Morgan fingerprint density at radius 2 is 1.95 bits per heavy atom. The summed E-state index contributed by atoms with van der Waals surface area (Å²) >= 11 is 8.56. The van der Waals surface area contributed by atoms with Gasteiger partial charge in [0, 0.05) is 19.2 Å². The number of hydrogen-bond donors (Lipinski definition) is 0. The van der Waals surface area contributed by atoms with Crippen molar-refractivity contribution in [1.29, 1.82) is 0 Å². The Morgan fingerprint density at radius 3 is 2.38 bits per heavy atom. The van der Waals surface area contributed by atoms with E-state index in [4.69, 9.17) is 16.0 Å². The summed E-state index contributed by atoms with van der Waals surface area (Å²) in [6.45, 7) is -0.333. The highest BCUT2D eigenvalue weighted by Gasteiger charge is 2.43. The lowest BCUT2D eigenvalue weighted by molar-refractivity contribution is -0.182. The second-order valence-electron chi connectivity index (χ2n) is 4.70. The summed E-state index contributed by atoms with van der Waals surface area (Å²) in [6.07, 6.45) is -4.75. The van der Waals surface area contributed by atoms with Gasteiger partial charge in [-0.2, -0.15) is 17.5 Å². The molecule has 120 valence electrons. The van der Waals surface area contributed by atoms with Crippen molar-refractivity contribution < 1.29 is 26.0 Å². The molecule has 1 aromatic rings. The van der Waals surface area contributed by atoms with E-state index < -0.39 is 22.1 Å². The molecule has 1 fully saturated rings. The first-order chi connectivity index (χ1) is 9.66. The molecular weight excluding hydrogens is 399 g/mol. The predicted octanol–water partition coefficient (Wildman–Crippen LogP) is 3.74. The third-order valence-electron chi connectivity index (χ3n) is 3.37. The van der Waals surface area contributed by atoms with E-state index in [0.717, 1.165) is 4.31 Å². The van der Waals surface area contributed by atoms with Crippen molar-refractivity contribution >= 4 is 37.6 Å². The van der Waals surface area contributed by atoms with E-state index >= 15 is 0 Å². The fourth-order valence-electron chi connectivity index (χ4n) is 2.20. The summed E-state index contributed by atoms with van der Waals surface area (Å²) in [5.41, 5.74) is 0. The smallest absolute Gasteiger partial charge is 0.391 e. The van der Waals surface area contributed by atoms with Crippen LogP contribution in [0, 0.1) is 5.92 Å². The molecular formula is C11H12BrClF3NO3S. The Labute approximate surface area is 133 Å². The molecule has 0 saturated carbocycles. The number of rotatable bonds is 3. The van der Waals surface area contributed by atoms with Gasteiger partial charge in [-0.1, -0.05) is 0 Å². The van der Waals surface area contributed by atoms with Crippen molar-refractivity contribution in [2.24, 2.45) is 5.92 Å². The van der Waals surface area contributed by atoms with Crippen LogP contribution in [0.15, 0.2) is 20.0 Å². The molecule has 0 radical (unpaired) electrons. The van der Waals surface area contributed by atoms with Gasteiger partial charge in [0.25, 0.3) is 0 Å². The zero-order valence-corrected chi connectivity index (χ0v) is 13.8. The molecule has 2 heterocycles. The molecule has 1 saturated heterocycles. The SMILES string of the molecule is O=S(=O)(c1cc(CCl)oc1Br)N1CCC(C(F)(F)F)CC1. The molecule has 0 spiro atoms. The lowest BCUT2D eigenvalue weighted by atomic mass is 9.98. The lowest BCUT2D eigenvalue weighted by Crippen LogP contribution is -2.42. The summed E-state index contributed by atoms with van der Waals surface area (Å²) in [5.74, 6) is -1.17. The Balaban J connectivity index is 2.17. The number of hydrogen-bond acceptors (Lipinski definition) is 3. The molecule has 10 heteroatoms. The first kappa shape index (κ1) is 17.1. The molecule has 21 heavy (non-hydrogen) atoms. The fraction of sp³-hybridized carbons (Fsp3) is 0.636. The van der Waals surface area contributed by atoms with Crippen molar-refractivity contribution in [3.05, 3.63) is 16.5 Å². The third-order valence-corrected chi connectivity index (χ3v) is 6.39. The summed E-state index contributed by atoms with van der Waals surface area (Å²) in [7, 11) is -3.88. The quantitative estimate of drug-likeness (QED) is 0.713. The van der Waals surface area contributed by atoms with E-state index in [1.54, 1.807) is 0 Å². The molecule has 0 N–H and O–H groups in total. The number of halogens is 5. The molecule has 0 aromatic carbocycles. The zero-order chi connectivity index (χ0) is 15.8. The van der Waals surface area contributed by atoms with Crippen molar-refractivity contribution in [3.63, 3.8) is 0 Å². The highest BCUT2D eigenvalue weighted by atomic mass is 79.9. The van der Waals surface area contributed by atoms with Crippen LogP contribution in [-0.4, -0.2) is 32.0 Å². The number of furan rings is 1. The van der Waals surface area contributed by atoms with Gasteiger partial charge in [-0.05, 0) is 28.8 Å². The van der Waals surface area contributed by atoms with Crippen LogP contribution in [0.3, 0.4) is 0 Å². The van der Waals surface area contributed by atoms with Crippen LogP contribution >= 0.6 is 27.5 Å². The largest absolute Gasteiger partial charge is 0.452 e. The van der Waals surface area contributed by atoms with Gasteiger partial charge < -0.3 is 4.42 Å². The van der Waals surface area contributed by atoms with Crippen LogP contribution in [0.4, 0.5) is 13.2 Å². The summed E-state index contributed by atoms with van der Waals surface area (Å²) in [6, 6.07) is 1.28. The first-order valence-corrected chi connectivity index (χ1v) is 8.84. The maximum absolute atomic E-state index is 12.6. The van der Waals surface area contributed by atoms with E-state index in [1.807, 2.05) is 0 Å². The number of piperidine rings is 1. The number of sulfonamides is 1. The van der Waals surface area contributed by atoms with Gasteiger partial charge in [-0.3, -0.25) is 0 Å². The van der Waals surface area contributed by atoms with Gasteiger partial charge in [0.1, 0.15) is 10.7 Å². The van der Waals surface area contributed by atoms with E-state index in [-0.39, 0.29) is 47.1 Å². The highest BCUT2D eigenvalue weighted by molar-refractivity contribution is 9.10. The second-order valence-corrected chi connectivity index (χ2v) is 7.60. The molecule has 1 aliphatic rings. The molecule has 4 nitrogen and oxygen atoms in total. The van der Waals surface area contributed by atoms with Crippen LogP contribution < -0.4 is 0 Å². The van der Waals surface area contributed by atoms with Crippen LogP contribution in [0.1, 0.15) is 18.6 Å². The Morgan fingerprint density at radius 1 is 1.38 bits per heavy atom. The number of nitrogens with zero attached hydrogens (tertiary/aromatic N) is 1. The standard InChI is InChI=1S/C11H12BrClF3NO3S/c12-10-9(5-8(6-13)20-10)21(18,19)17-3-1-7(2-4-17)11(14,15)16/h5,7H,1-4,6H2. The van der Waals surface area contributed by atoms with Gasteiger partial charge in [0.15, 0.2) is 4.67 Å². The Bertz CT molecular complexity index is 609. The van der Waals surface area contributed by atoms with E-state index in [9.17, 15) is 21.6 Å². The van der Waals surface area contributed by atoms with Crippen molar-refractivity contribution in [3.8, 4) is 0 Å². The second kappa shape index (κ2) is 6.10. The highest BCUT2D eigenvalue weighted by Crippen LogP contribution is 2.37. The van der Waals surface area contributed by atoms with Crippen molar-refractivity contribution in [2.75, 3.05) is 13.1 Å². The Hall–Kier alpha value is -0.250. The van der Waals surface area contributed by atoms with Crippen LogP contribution in [-0.2, 0) is 15.9 Å². The normalized spacial score (nSPS) is 19.1. The van der Waals surface area contributed by atoms with E-state index in [1.165, 1.54) is 6.07 Å². The average Bonchev–Trinajstić information content (AvgIpc) is 2.80. The van der Waals surface area contributed by atoms with Gasteiger partial charge in [0.2, 0.25) is 10.0 Å². The van der Waals surface area contributed by atoms with E-state index in [0.29, 0.717) is 0 Å². The van der Waals surface area contributed by atoms with Crippen LogP contribution in [0.25, 0.3) is 0 Å². The molecule has 0 atom stereocenters. The van der Waals surface area contributed by atoms with Gasteiger partial charge >= 0.3 is 6.18 Å². The van der Waals surface area contributed by atoms with Crippen molar-refractivity contribution in [1.82, 2.24) is 4.31 Å². The zero-order valence-electron chi connectivity index (χ0n) is 10.7. The molecule has 0 bridgehead atoms. The minimum Gasteiger partial charge on any atom is -0.452 e. The number of alkyl halides is 4. The minimum absolute atomic E-state index is 0.00423. The van der Waals surface area contributed by atoms with Crippen LogP contribution in [0.5, 0.6) is 0 Å². The molecule has 0 unspecified atom stereocenters. The van der Waals surface area contributed by atoms with Crippen LogP contribution in [0.2, 0.25) is 0 Å². The summed E-state index contributed by atoms with van der Waals surface area (Å²) in [5, 5.41) is 0. The maximum Gasteiger partial charge on any atom is 0.391 e. The lowest BCUT2D eigenvalue weighted by Gasteiger charge is -2.31.